The Morgan fingerprint density at radius 1 is 0.865 bits per heavy atom. The van der Waals surface area contributed by atoms with Crippen LogP contribution in [0.15, 0.2) is 24.3 Å². The molecular weight excluding hydrogens is 523 g/mol. The molecule has 0 aromatic heterocycles. The monoisotopic (exact) mass is 568 g/mol. The van der Waals surface area contributed by atoms with Gasteiger partial charge in [0.15, 0.2) is 5.25 Å². The smallest absolute Gasteiger partial charge is 0.662 e. The molecular formula is C27H45KO8S. The first-order valence-corrected chi connectivity index (χ1v) is 14.6. The minimum absolute atomic E-state index is 0. The maximum Gasteiger partial charge on any atom is 1.00 e. The average molecular weight is 569 g/mol. The van der Waals surface area contributed by atoms with Crippen LogP contribution in [-0.2, 0) is 26.1 Å². The molecule has 1 aromatic rings. The van der Waals surface area contributed by atoms with E-state index in [0.717, 1.165) is 18.6 Å². The van der Waals surface area contributed by atoms with Gasteiger partial charge in [0.05, 0.1) is 12.2 Å². The molecule has 1 atom stereocenters. The molecule has 0 spiro atoms. The molecule has 37 heavy (non-hydrogen) atoms. The Labute approximate surface area is 266 Å². The molecule has 0 radical (unpaired) electrons. The van der Waals surface area contributed by atoms with Crippen LogP contribution >= 0.6 is 0 Å². The van der Waals surface area contributed by atoms with Crippen LogP contribution in [0.2, 0.25) is 0 Å². The normalized spacial score (nSPS) is 11.5. The molecule has 1 aromatic carbocycles. The summed E-state index contributed by atoms with van der Waals surface area (Å²) in [5, 5.41) is 13.9. The molecule has 0 fully saturated rings. The van der Waals surface area contributed by atoms with E-state index in [1.165, 1.54) is 82.6 Å². The number of aryl methyl sites for hydroxylation is 1. The number of hydrogen-bond acceptors (Lipinski definition) is 5. The van der Waals surface area contributed by atoms with E-state index in [9.17, 15) is 18.0 Å². The summed E-state index contributed by atoms with van der Waals surface area (Å²) in [6, 6.07) is 8.47. The number of rotatable bonds is 20. The van der Waals surface area contributed by atoms with Crippen LogP contribution in [0.3, 0.4) is 0 Å². The second kappa shape index (κ2) is 24.5. The minimum atomic E-state index is -4.84. The van der Waals surface area contributed by atoms with Crippen molar-refractivity contribution in [1.29, 1.82) is 0 Å². The van der Waals surface area contributed by atoms with Gasteiger partial charge in [-0.05, 0) is 24.5 Å². The first-order chi connectivity index (χ1) is 17.1. The Bertz CT molecular complexity index is 829. The number of carboxylic acids is 2. The van der Waals surface area contributed by atoms with Gasteiger partial charge in [0.25, 0.3) is 10.1 Å². The van der Waals surface area contributed by atoms with Crippen molar-refractivity contribution in [2.45, 2.75) is 115 Å². The van der Waals surface area contributed by atoms with Crippen LogP contribution in [-0.4, -0.2) is 40.4 Å². The largest absolute Gasteiger partial charge is 1.00 e. The van der Waals surface area contributed by atoms with E-state index in [2.05, 4.69) is 38.1 Å². The maximum atomic E-state index is 10.2. The van der Waals surface area contributed by atoms with Crippen molar-refractivity contribution >= 4 is 22.1 Å². The van der Waals surface area contributed by atoms with Gasteiger partial charge in [-0.2, -0.15) is 15.0 Å². The number of carboxylic acid groups (broad SMARTS) is 2. The van der Waals surface area contributed by atoms with Crippen molar-refractivity contribution in [3.8, 4) is 5.75 Å². The summed E-state index contributed by atoms with van der Waals surface area (Å²) >= 11 is 0. The topological polar surface area (TPSA) is 138 Å². The third-order valence-corrected chi connectivity index (χ3v) is 6.73. The molecule has 0 aliphatic heterocycles. The molecule has 208 valence electrons. The van der Waals surface area contributed by atoms with Crippen molar-refractivity contribution in [1.82, 2.24) is 0 Å². The zero-order valence-electron chi connectivity index (χ0n) is 22.9. The van der Waals surface area contributed by atoms with Gasteiger partial charge in [-0.1, -0.05) is 103 Å². The van der Waals surface area contributed by atoms with E-state index in [1.54, 1.807) is 0 Å². The second-order valence-corrected chi connectivity index (χ2v) is 10.5. The summed E-state index contributed by atoms with van der Waals surface area (Å²) in [6.45, 7) is 6.28. The van der Waals surface area contributed by atoms with Crippen LogP contribution in [0.5, 0.6) is 5.75 Å². The molecule has 1 rings (SSSR count). The van der Waals surface area contributed by atoms with Gasteiger partial charge < -0.3 is 14.9 Å². The number of para-hydroxylation sites is 1. The van der Waals surface area contributed by atoms with Crippen molar-refractivity contribution < 1.29 is 88.9 Å². The Hall–Kier alpha value is -0.494. The van der Waals surface area contributed by atoms with Gasteiger partial charge in [0, 0.05) is 0 Å². The van der Waals surface area contributed by atoms with Crippen molar-refractivity contribution in [2.75, 3.05) is 0 Å². The maximum absolute atomic E-state index is 10.2. The summed E-state index contributed by atoms with van der Waals surface area (Å²) in [5.41, 5.74) is 1.36. The summed E-state index contributed by atoms with van der Waals surface area (Å²) in [7, 11) is -4.84. The summed E-state index contributed by atoms with van der Waals surface area (Å²) in [4.78, 5) is 20.0. The Morgan fingerprint density at radius 2 is 1.35 bits per heavy atom. The van der Waals surface area contributed by atoms with Crippen LogP contribution in [0.4, 0.5) is 0 Å². The minimum Gasteiger partial charge on any atom is -0.662 e. The summed E-state index contributed by atoms with van der Waals surface area (Å²) < 4.78 is 34.4. The van der Waals surface area contributed by atoms with Crippen molar-refractivity contribution in [3.63, 3.8) is 0 Å². The van der Waals surface area contributed by atoms with Gasteiger partial charge in [-0.25, -0.2) is 0 Å². The number of ether oxygens (including phenoxy) is 1. The van der Waals surface area contributed by atoms with E-state index in [-0.39, 0.29) is 51.4 Å². The van der Waals surface area contributed by atoms with Gasteiger partial charge in [0.2, 0.25) is 0 Å². The fourth-order valence-electron chi connectivity index (χ4n) is 3.63. The number of unbranched alkanes of at least 4 members (excludes halogenated alkanes) is 11. The summed E-state index contributed by atoms with van der Waals surface area (Å²) in [6.07, 6.45) is 17.8. The number of benzene rings is 1. The van der Waals surface area contributed by atoms with Crippen LogP contribution in [0.1, 0.15) is 109 Å². The third-order valence-electron chi connectivity index (χ3n) is 5.64. The molecule has 0 amide bonds. The first kappa shape index (κ1) is 38.7. The first-order valence-electron chi connectivity index (χ1n) is 13.1. The molecule has 0 saturated carbocycles. The number of aliphatic carboxylic acids is 2. The van der Waals surface area contributed by atoms with Crippen molar-refractivity contribution in [3.05, 3.63) is 36.4 Å². The second-order valence-electron chi connectivity index (χ2n) is 8.88. The fraction of sp³-hybridized carbons (Fsp3) is 0.667. The van der Waals surface area contributed by atoms with Crippen molar-refractivity contribution in [2.24, 2.45) is 0 Å². The van der Waals surface area contributed by atoms with E-state index < -0.39 is 33.7 Å². The predicted molar refractivity (Wildman–Crippen MR) is 142 cm³/mol. The molecule has 8 nitrogen and oxygen atoms in total. The SMILES string of the molecule is CC[CH-]Oc1ccccc1CCCCCCCCCCCCCC.O=C(O)CC(C(=O)O)S(=O)(=O)O.[K+]. The van der Waals surface area contributed by atoms with Crippen LogP contribution in [0, 0.1) is 6.61 Å². The Morgan fingerprint density at radius 3 is 1.76 bits per heavy atom. The Balaban J connectivity index is 0. The molecule has 0 saturated heterocycles. The zero-order chi connectivity index (χ0) is 27.2. The van der Waals surface area contributed by atoms with Gasteiger partial charge >= 0.3 is 63.3 Å². The van der Waals surface area contributed by atoms with E-state index in [4.69, 9.17) is 19.5 Å². The van der Waals surface area contributed by atoms with Crippen LogP contribution < -0.4 is 56.1 Å². The van der Waals surface area contributed by atoms with E-state index in [1.807, 2.05) is 6.61 Å². The molecule has 0 aliphatic carbocycles. The summed E-state index contributed by atoms with van der Waals surface area (Å²) in [5.74, 6) is -2.46. The molecule has 1 unspecified atom stereocenters. The molecule has 10 heteroatoms. The Kier molecular flexibility index (Phi) is 25.6. The fourth-order valence-corrected chi connectivity index (χ4v) is 4.24. The predicted octanol–water partition coefficient (Wildman–Crippen LogP) is 3.69. The van der Waals surface area contributed by atoms with Gasteiger partial charge in [-0.15, -0.1) is 6.42 Å². The van der Waals surface area contributed by atoms with Crippen LogP contribution in [0.25, 0.3) is 0 Å². The standard InChI is InChI=1S/C23H39O.C4H6O7S.K/c1-3-5-6-7-8-9-10-11-12-13-14-15-18-22-19-16-17-20-23(22)24-21-4-2;5-3(6)1-2(4(7)8)12(9,10)11;/h16-17,19-21H,3-15,18H2,1-2H3;2H,1H2,(H,5,6)(H,7,8)(H,9,10,11);/q-1;;+1. The third kappa shape index (κ3) is 22.1. The number of carbonyl (C=O) groups is 2. The average Bonchev–Trinajstić information content (AvgIpc) is 2.82. The number of hydrogen-bond donors (Lipinski definition) is 3. The van der Waals surface area contributed by atoms with E-state index >= 15 is 0 Å². The quantitative estimate of drug-likeness (QED) is 0.0937. The molecule has 0 heterocycles. The zero-order valence-corrected chi connectivity index (χ0v) is 26.8. The van der Waals surface area contributed by atoms with Gasteiger partial charge in [0.1, 0.15) is 0 Å². The molecule has 0 aliphatic rings. The molecule has 0 bridgehead atoms. The van der Waals surface area contributed by atoms with E-state index in [0.29, 0.717) is 0 Å². The van der Waals surface area contributed by atoms with Gasteiger partial charge in [-0.3, -0.25) is 14.1 Å². The molecule has 3 N–H and O–H groups in total.